The van der Waals surface area contributed by atoms with Crippen LogP contribution in [0.15, 0.2) is 48.5 Å². The molecule has 2 aromatic rings. The number of hydrogen-bond acceptors (Lipinski definition) is 3. The van der Waals surface area contributed by atoms with Crippen molar-refractivity contribution in [2.24, 2.45) is 5.73 Å². The molecule has 0 bridgehead atoms. The van der Waals surface area contributed by atoms with Crippen LogP contribution in [0.5, 0.6) is 5.75 Å². The third-order valence-electron chi connectivity index (χ3n) is 2.90. The third kappa shape index (κ3) is 5.30. The number of carbonyl (C=O) groups is 2. The molecule has 2 aromatic carbocycles. The van der Waals surface area contributed by atoms with Crippen LogP contribution in [0.3, 0.4) is 0 Å². The van der Waals surface area contributed by atoms with Gasteiger partial charge in [-0.15, -0.1) is 0 Å². The van der Waals surface area contributed by atoms with E-state index >= 15 is 0 Å². The lowest BCUT2D eigenvalue weighted by molar-refractivity contribution is -0.120. The SMILES string of the molecule is NC(=O)COc1ccc(NC(=O)/C=C/c2c(Cl)cccc2Cl)cc1. The summed E-state index contributed by atoms with van der Waals surface area (Å²) < 4.78 is 5.13. The summed E-state index contributed by atoms with van der Waals surface area (Å²) in [5, 5.41) is 3.61. The number of ether oxygens (including phenoxy) is 1. The van der Waals surface area contributed by atoms with Crippen LogP contribution in [-0.2, 0) is 9.59 Å². The van der Waals surface area contributed by atoms with Crippen molar-refractivity contribution in [1.82, 2.24) is 0 Å². The first-order valence-corrected chi connectivity index (χ1v) is 7.65. The summed E-state index contributed by atoms with van der Waals surface area (Å²) >= 11 is 12.1. The van der Waals surface area contributed by atoms with Crippen molar-refractivity contribution >= 4 is 46.8 Å². The molecule has 0 saturated heterocycles. The van der Waals surface area contributed by atoms with Gasteiger partial charge in [0.15, 0.2) is 6.61 Å². The van der Waals surface area contributed by atoms with Gasteiger partial charge in [0.2, 0.25) is 5.91 Å². The lowest BCUT2D eigenvalue weighted by atomic mass is 10.2. The van der Waals surface area contributed by atoms with Crippen molar-refractivity contribution in [3.8, 4) is 5.75 Å². The number of halogens is 2. The van der Waals surface area contributed by atoms with Crippen LogP contribution >= 0.6 is 23.2 Å². The van der Waals surface area contributed by atoms with Gasteiger partial charge in [-0.05, 0) is 42.5 Å². The van der Waals surface area contributed by atoms with Crippen LogP contribution in [0.4, 0.5) is 5.69 Å². The maximum atomic E-state index is 11.9. The molecule has 2 amide bonds. The highest BCUT2D eigenvalue weighted by atomic mass is 35.5. The first-order valence-electron chi connectivity index (χ1n) is 6.90. The molecule has 0 aliphatic carbocycles. The predicted molar refractivity (Wildman–Crippen MR) is 95.3 cm³/mol. The molecule has 0 spiro atoms. The molecule has 3 N–H and O–H groups in total. The summed E-state index contributed by atoms with van der Waals surface area (Å²) in [4.78, 5) is 22.6. The van der Waals surface area contributed by atoms with Gasteiger partial charge in [0.05, 0.1) is 0 Å². The Balaban J connectivity index is 1.97. The zero-order valence-electron chi connectivity index (χ0n) is 12.5. The summed E-state index contributed by atoms with van der Waals surface area (Å²) in [5.74, 6) is -0.419. The van der Waals surface area contributed by atoms with Crippen molar-refractivity contribution in [1.29, 1.82) is 0 Å². The van der Waals surface area contributed by atoms with E-state index in [1.165, 1.54) is 6.08 Å². The van der Waals surface area contributed by atoms with Gasteiger partial charge in [-0.1, -0.05) is 29.3 Å². The highest BCUT2D eigenvalue weighted by Crippen LogP contribution is 2.25. The third-order valence-corrected chi connectivity index (χ3v) is 3.56. The quantitative estimate of drug-likeness (QED) is 0.769. The van der Waals surface area contributed by atoms with Crippen molar-refractivity contribution in [2.75, 3.05) is 11.9 Å². The van der Waals surface area contributed by atoms with E-state index < -0.39 is 5.91 Å². The van der Waals surface area contributed by atoms with E-state index in [1.807, 2.05) is 0 Å². The molecular formula is C17H14Cl2N2O3. The highest BCUT2D eigenvalue weighted by molar-refractivity contribution is 6.37. The summed E-state index contributed by atoms with van der Waals surface area (Å²) in [6.45, 7) is -0.201. The molecule has 124 valence electrons. The van der Waals surface area contributed by atoms with Crippen LogP contribution in [0.2, 0.25) is 10.0 Å². The highest BCUT2D eigenvalue weighted by Gasteiger charge is 2.04. The van der Waals surface area contributed by atoms with Gasteiger partial charge in [0.1, 0.15) is 5.75 Å². The summed E-state index contributed by atoms with van der Waals surface area (Å²) in [7, 11) is 0. The zero-order valence-corrected chi connectivity index (χ0v) is 14.0. The normalized spacial score (nSPS) is 10.6. The minimum atomic E-state index is -0.559. The number of amides is 2. The molecule has 24 heavy (non-hydrogen) atoms. The summed E-state index contributed by atoms with van der Waals surface area (Å²) in [5.41, 5.74) is 6.14. The van der Waals surface area contributed by atoms with Crippen molar-refractivity contribution < 1.29 is 14.3 Å². The molecule has 0 aliphatic heterocycles. The second-order valence-electron chi connectivity index (χ2n) is 4.74. The lowest BCUT2D eigenvalue weighted by Crippen LogP contribution is -2.20. The van der Waals surface area contributed by atoms with Gasteiger partial charge in [-0.2, -0.15) is 0 Å². The molecule has 0 saturated carbocycles. The number of benzene rings is 2. The average molecular weight is 365 g/mol. The Morgan fingerprint density at radius 3 is 2.29 bits per heavy atom. The minimum Gasteiger partial charge on any atom is -0.484 e. The number of anilines is 1. The molecule has 0 aliphatic rings. The Hall–Kier alpha value is -2.50. The van der Waals surface area contributed by atoms with E-state index in [0.717, 1.165) is 0 Å². The van der Waals surface area contributed by atoms with Crippen molar-refractivity contribution in [3.63, 3.8) is 0 Å². The molecule has 0 fully saturated rings. The average Bonchev–Trinajstić information content (AvgIpc) is 2.53. The first-order chi connectivity index (χ1) is 11.5. The molecule has 0 atom stereocenters. The van der Waals surface area contributed by atoms with E-state index in [0.29, 0.717) is 27.0 Å². The minimum absolute atomic E-state index is 0.201. The van der Waals surface area contributed by atoms with E-state index in [9.17, 15) is 9.59 Å². The molecule has 0 radical (unpaired) electrons. The zero-order chi connectivity index (χ0) is 17.5. The molecule has 0 unspecified atom stereocenters. The molecular weight excluding hydrogens is 351 g/mol. The van der Waals surface area contributed by atoms with Gasteiger partial charge < -0.3 is 15.8 Å². The number of primary amides is 1. The maximum Gasteiger partial charge on any atom is 0.255 e. The second kappa shape index (κ2) is 8.38. The van der Waals surface area contributed by atoms with Crippen LogP contribution in [0.1, 0.15) is 5.56 Å². The fourth-order valence-electron chi connectivity index (χ4n) is 1.80. The first kappa shape index (κ1) is 17.8. The van der Waals surface area contributed by atoms with Crippen molar-refractivity contribution in [3.05, 3.63) is 64.1 Å². The Morgan fingerprint density at radius 2 is 1.71 bits per heavy atom. The van der Waals surface area contributed by atoms with Crippen LogP contribution in [-0.4, -0.2) is 18.4 Å². The standard InChI is InChI=1S/C17H14Cl2N2O3/c18-14-2-1-3-15(19)13(14)8-9-17(23)21-11-4-6-12(7-5-11)24-10-16(20)22/h1-9H,10H2,(H2,20,22)(H,21,23)/b9-8+. The Morgan fingerprint density at radius 1 is 1.08 bits per heavy atom. The second-order valence-corrected chi connectivity index (χ2v) is 5.55. The molecule has 5 nitrogen and oxygen atoms in total. The Labute approximate surface area is 149 Å². The van der Waals surface area contributed by atoms with Gasteiger partial charge >= 0.3 is 0 Å². The molecule has 2 rings (SSSR count). The predicted octanol–water partition coefficient (Wildman–Crippen LogP) is 3.51. The number of rotatable bonds is 6. The fraction of sp³-hybridized carbons (Fsp3) is 0.0588. The van der Waals surface area contributed by atoms with E-state index in [4.69, 9.17) is 33.7 Å². The number of hydrogen-bond donors (Lipinski definition) is 2. The number of nitrogens with two attached hydrogens (primary N) is 1. The smallest absolute Gasteiger partial charge is 0.255 e. The summed E-state index contributed by atoms with van der Waals surface area (Å²) in [6, 6.07) is 11.6. The Kier molecular flexibility index (Phi) is 6.23. The number of nitrogens with one attached hydrogen (secondary N) is 1. The van der Waals surface area contributed by atoms with E-state index in [1.54, 1.807) is 48.5 Å². The molecule has 0 aromatic heterocycles. The van der Waals surface area contributed by atoms with Crippen LogP contribution < -0.4 is 15.8 Å². The van der Waals surface area contributed by atoms with Crippen LogP contribution in [0, 0.1) is 0 Å². The fourth-order valence-corrected chi connectivity index (χ4v) is 2.33. The molecule has 7 heteroatoms. The van der Waals surface area contributed by atoms with Gasteiger partial charge in [-0.25, -0.2) is 0 Å². The lowest BCUT2D eigenvalue weighted by Gasteiger charge is -2.06. The topological polar surface area (TPSA) is 81.4 Å². The maximum absolute atomic E-state index is 11.9. The van der Waals surface area contributed by atoms with E-state index in [2.05, 4.69) is 5.32 Å². The van der Waals surface area contributed by atoms with Gasteiger partial charge in [0, 0.05) is 27.4 Å². The van der Waals surface area contributed by atoms with Gasteiger partial charge in [-0.3, -0.25) is 9.59 Å². The molecule has 0 heterocycles. The summed E-state index contributed by atoms with van der Waals surface area (Å²) in [6.07, 6.45) is 2.88. The monoisotopic (exact) mass is 364 g/mol. The van der Waals surface area contributed by atoms with E-state index in [-0.39, 0.29) is 12.5 Å². The van der Waals surface area contributed by atoms with Gasteiger partial charge in [0.25, 0.3) is 5.91 Å². The number of carbonyl (C=O) groups excluding carboxylic acids is 2. The largest absolute Gasteiger partial charge is 0.484 e. The van der Waals surface area contributed by atoms with Crippen LogP contribution in [0.25, 0.3) is 6.08 Å². The Bertz CT molecular complexity index is 754. The van der Waals surface area contributed by atoms with Crippen molar-refractivity contribution in [2.45, 2.75) is 0 Å².